The van der Waals surface area contributed by atoms with Gasteiger partial charge in [0.1, 0.15) is 0 Å². The van der Waals surface area contributed by atoms with E-state index in [-0.39, 0.29) is 5.56 Å². The zero-order chi connectivity index (χ0) is 13.2. The van der Waals surface area contributed by atoms with Crippen molar-refractivity contribution in [1.29, 1.82) is 0 Å². The van der Waals surface area contributed by atoms with Crippen molar-refractivity contribution in [2.75, 3.05) is 0 Å². The zero-order valence-electron chi connectivity index (χ0n) is 8.14. The third-order valence-corrected chi connectivity index (χ3v) is 2.10. The van der Waals surface area contributed by atoms with E-state index in [1.807, 2.05) is 0 Å². The van der Waals surface area contributed by atoms with Crippen LogP contribution in [0.3, 0.4) is 0 Å². The minimum atomic E-state index is -4.68. The summed E-state index contributed by atoms with van der Waals surface area (Å²) in [5.41, 5.74) is 3.15. The van der Waals surface area contributed by atoms with Crippen LogP contribution in [-0.2, 0) is 6.18 Å². The molecule has 0 radical (unpaired) electrons. The van der Waals surface area contributed by atoms with Crippen molar-refractivity contribution in [3.8, 4) is 0 Å². The number of carbonyl (C=O) groups is 2. The van der Waals surface area contributed by atoms with E-state index in [1.165, 1.54) is 0 Å². The van der Waals surface area contributed by atoms with Crippen molar-refractivity contribution in [2.45, 2.75) is 6.18 Å². The molecule has 92 valence electrons. The maximum atomic E-state index is 12.4. The van der Waals surface area contributed by atoms with Gasteiger partial charge in [0.2, 0.25) is 0 Å². The molecule has 4 nitrogen and oxygen atoms in total. The molecule has 0 saturated heterocycles. The number of carbonyl (C=O) groups excluding carboxylic acids is 2. The molecule has 1 aromatic carbocycles. The average Bonchev–Trinajstić information content (AvgIpc) is 2.15. The fourth-order valence-corrected chi connectivity index (χ4v) is 1.29. The lowest BCUT2D eigenvalue weighted by atomic mass is 10.1. The summed E-state index contributed by atoms with van der Waals surface area (Å²) < 4.78 is 37.3. The number of rotatable bonds is 1. The first-order valence-electron chi connectivity index (χ1n) is 4.19. The molecule has 0 aliphatic heterocycles. The average molecular weight is 267 g/mol. The molecule has 0 unspecified atom stereocenters. The van der Waals surface area contributed by atoms with Gasteiger partial charge in [-0.3, -0.25) is 10.1 Å². The van der Waals surface area contributed by atoms with E-state index in [0.29, 0.717) is 6.07 Å². The molecule has 0 heterocycles. The molecule has 8 heteroatoms. The van der Waals surface area contributed by atoms with Gasteiger partial charge in [0.15, 0.2) is 0 Å². The Morgan fingerprint density at radius 3 is 2.35 bits per heavy atom. The van der Waals surface area contributed by atoms with Gasteiger partial charge >= 0.3 is 12.2 Å². The second kappa shape index (κ2) is 4.62. The zero-order valence-corrected chi connectivity index (χ0v) is 8.89. The smallest absolute Gasteiger partial charge is 0.351 e. The van der Waals surface area contributed by atoms with Gasteiger partial charge in [0.25, 0.3) is 5.91 Å². The highest BCUT2D eigenvalue weighted by Gasteiger charge is 2.33. The summed E-state index contributed by atoms with van der Waals surface area (Å²) >= 11 is 5.35. The fraction of sp³-hybridized carbons (Fsp3) is 0.111. The van der Waals surface area contributed by atoms with E-state index in [1.54, 1.807) is 5.32 Å². The number of benzene rings is 1. The first kappa shape index (κ1) is 13.3. The number of nitrogens with two attached hydrogens (primary N) is 1. The molecule has 1 aromatic rings. The molecule has 0 bridgehead atoms. The van der Waals surface area contributed by atoms with Gasteiger partial charge in [0, 0.05) is 5.56 Å². The van der Waals surface area contributed by atoms with Crippen LogP contribution in [0.1, 0.15) is 15.9 Å². The molecule has 0 fully saturated rings. The van der Waals surface area contributed by atoms with E-state index in [2.05, 4.69) is 5.73 Å². The second-order valence-corrected chi connectivity index (χ2v) is 3.42. The van der Waals surface area contributed by atoms with Crippen molar-refractivity contribution >= 4 is 23.5 Å². The number of hydrogen-bond acceptors (Lipinski definition) is 2. The Hall–Kier alpha value is -1.76. The van der Waals surface area contributed by atoms with Crippen LogP contribution in [0.2, 0.25) is 5.02 Å². The highest BCUT2D eigenvalue weighted by Crippen LogP contribution is 2.35. The Bertz CT molecular complexity index is 474. The first-order chi connectivity index (χ1) is 7.71. The standard InChI is InChI=1S/C9H6ClF3N2O2/c10-6-2-1-4(7(16)15-8(14)17)3-5(6)9(11,12)13/h1-3H,(H3,14,15,16,17). The van der Waals surface area contributed by atoms with E-state index in [4.69, 9.17) is 11.6 Å². The lowest BCUT2D eigenvalue weighted by Crippen LogP contribution is -2.35. The molecule has 0 saturated carbocycles. The fourth-order valence-electron chi connectivity index (χ4n) is 1.07. The molecule has 0 atom stereocenters. The number of halogens is 4. The number of hydrogen-bond donors (Lipinski definition) is 2. The lowest BCUT2D eigenvalue weighted by Gasteiger charge is -2.10. The van der Waals surface area contributed by atoms with Crippen LogP contribution in [0, 0.1) is 0 Å². The van der Waals surface area contributed by atoms with Gasteiger partial charge in [-0.05, 0) is 18.2 Å². The quantitative estimate of drug-likeness (QED) is 0.818. The summed E-state index contributed by atoms with van der Waals surface area (Å²) in [5.74, 6) is -1.03. The van der Waals surface area contributed by atoms with Crippen molar-refractivity contribution in [3.63, 3.8) is 0 Å². The molecule has 3 N–H and O–H groups in total. The summed E-state index contributed by atoms with van der Waals surface area (Å²) in [4.78, 5) is 21.6. The molecule has 0 aliphatic rings. The summed E-state index contributed by atoms with van der Waals surface area (Å²) in [6.07, 6.45) is -4.68. The summed E-state index contributed by atoms with van der Waals surface area (Å²) in [7, 11) is 0. The van der Waals surface area contributed by atoms with E-state index < -0.39 is 28.7 Å². The van der Waals surface area contributed by atoms with Gasteiger partial charge in [0.05, 0.1) is 10.6 Å². The van der Waals surface area contributed by atoms with Gasteiger partial charge < -0.3 is 5.73 Å². The monoisotopic (exact) mass is 266 g/mol. The minimum absolute atomic E-state index is 0.361. The molecular weight excluding hydrogens is 261 g/mol. The highest BCUT2D eigenvalue weighted by molar-refractivity contribution is 6.31. The van der Waals surface area contributed by atoms with E-state index in [0.717, 1.165) is 12.1 Å². The highest BCUT2D eigenvalue weighted by atomic mass is 35.5. The molecule has 3 amide bonds. The van der Waals surface area contributed by atoms with Crippen LogP contribution in [-0.4, -0.2) is 11.9 Å². The van der Waals surface area contributed by atoms with Crippen LogP contribution in [0.4, 0.5) is 18.0 Å². The normalized spacial score (nSPS) is 11.1. The number of alkyl halides is 3. The molecule has 1 rings (SSSR count). The second-order valence-electron chi connectivity index (χ2n) is 3.01. The maximum absolute atomic E-state index is 12.4. The third kappa shape index (κ3) is 3.35. The van der Waals surface area contributed by atoms with Crippen LogP contribution >= 0.6 is 11.6 Å². The van der Waals surface area contributed by atoms with Crippen LogP contribution in [0.15, 0.2) is 18.2 Å². The summed E-state index contributed by atoms with van der Waals surface area (Å²) in [5, 5.41) is 1.11. The molecule has 0 spiro atoms. The van der Waals surface area contributed by atoms with Crippen LogP contribution in [0.25, 0.3) is 0 Å². The third-order valence-electron chi connectivity index (χ3n) is 1.77. The minimum Gasteiger partial charge on any atom is -0.351 e. The Balaban J connectivity index is 3.13. The molecular formula is C9H6ClF3N2O2. The van der Waals surface area contributed by atoms with Crippen molar-refractivity contribution < 1.29 is 22.8 Å². The SMILES string of the molecule is NC(=O)NC(=O)c1ccc(Cl)c(C(F)(F)F)c1. The van der Waals surface area contributed by atoms with Gasteiger partial charge in [-0.25, -0.2) is 4.79 Å². The number of amides is 3. The number of primary amides is 1. The summed E-state index contributed by atoms with van der Waals surface area (Å²) in [6.45, 7) is 0. The maximum Gasteiger partial charge on any atom is 0.417 e. The largest absolute Gasteiger partial charge is 0.417 e. The Morgan fingerprint density at radius 1 is 1.29 bits per heavy atom. The predicted octanol–water partition coefficient (Wildman–Crippen LogP) is 2.17. The van der Waals surface area contributed by atoms with Crippen LogP contribution in [0.5, 0.6) is 0 Å². The van der Waals surface area contributed by atoms with Crippen molar-refractivity contribution in [3.05, 3.63) is 34.3 Å². The summed E-state index contributed by atoms with van der Waals surface area (Å²) in [6, 6.07) is 1.36. The molecule has 0 aliphatic carbocycles. The first-order valence-corrected chi connectivity index (χ1v) is 4.57. The molecule has 0 aromatic heterocycles. The van der Waals surface area contributed by atoms with Gasteiger partial charge in [-0.15, -0.1) is 0 Å². The Labute approximate surface area is 98.5 Å². The van der Waals surface area contributed by atoms with Gasteiger partial charge in [-0.2, -0.15) is 13.2 Å². The number of nitrogens with one attached hydrogen (secondary N) is 1. The Morgan fingerprint density at radius 2 is 1.88 bits per heavy atom. The molecule has 17 heavy (non-hydrogen) atoms. The van der Waals surface area contributed by atoms with Gasteiger partial charge in [-0.1, -0.05) is 11.6 Å². The van der Waals surface area contributed by atoms with Crippen molar-refractivity contribution in [2.24, 2.45) is 5.73 Å². The topological polar surface area (TPSA) is 72.2 Å². The number of urea groups is 1. The van der Waals surface area contributed by atoms with E-state index >= 15 is 0 Å². The predicted molar refractivity (Wildman–Crippen MR) is 53.5 cm³/mol. The van der Waals surface area contributed by atoms with Crippen molar-refractivity contribution in [1.82, 2.24) is 5.32 Å². The van der Waals surface area contributed by atoms with E-state index in [9.17, 15) is 22.8 Å². The lowest BCUT2D eigenvalue weighted by molar-refractivity contribution is -0.137. The Kier molecular flexibility index (Phi) is 3.62. The van der Waals surface area contributed by atoms with Crippen LogP contribution < -0.4 is 11.1 Å². The number of imide groups is 1.